The topological polar surface area (TPSA) is 40.7 Å². The molecular formula is C16H17N3. The van der Waals surface area contributed by atoms with Crippen LogP contribution in [0.1, 0.15) is 11.1 Å². The number of rotatable bonds is 5. The molecule has 0 saturated heterocycles. The minimum Gasteiger partial charge on any atom is -0.361 e. The molecule has 0 unspecified atom stereocenters. The molecule has 3 heteroatoms. The van der Waals surface area contributed by atoms with E-state index in [9.17, 15) is 0 Å². The SMILES string of the molecule is c1cncc(CCNCc2cccc3[nH]ccc23)c1. The number of benzene rings is 1. The van der Waals surface area contributed by atoms with Gasteiger partial charge in [-0.05, 0) is 42.3 Å². The lowest BCUT2D eigenvalue weighted by Crippen LogP contribution is -2.16. The molecular weight excluding hydrogens is 234 g/mol. The molecule has 2 aromatic heterocycles. The molecule has 0 fully saturated rings. The maximum atomic E-state index is 4.12. The third-order valence-corrected chi connectivity index (χ3v) is 3.31. The van der Waals surface area contributed by atoms with Crippen LogP contribution in [-0.4, -0.2) is 16.5 Å². The lowest BCUT2D eigenvalue weighted by atomic mass is 10.1. The van der Waals surface area contributed by atoms with Crippen molar-refractivity contribution < 1.29 is 0 Å². The van der Waals surface area contributed by atoms with E-state index in [1.165, 1.54) is 22.0 Å². The first-order valence-electron chi connectivity index (χ1n) is 6.58. The van der Waals surface area contributed by atoms with Gasteiger partial charge in [-0.3, -0.25) is 4.98 Å². The molecule has 3 nitrogen and oxygen atoms in total. The first kappa shape index (κ1) is 11.9. The number of nitrogens with one attached hydrogen (secondary N) is 2. The summed E-state index contributed by atoms with van der Waals surface area (Å²) in [6.45, 7) is 1.86. The molecule has 19 heavy (non-hydrogen) atoms. The van der Waals surface area contributed by atoms with Crippen molar-refractivity contribution in [1.29, 1.82) is 0 Å². The Hall–Kier alpha value is -2.13. The van der Waals surface area contributed by atoms with Crippen LogP contribution in [0.4, 0.5) is 0 Å². The molecule has 0 atom stereocenters. The average Bonchev–Trinajstić information content (AvgIpc) is 2.94. The molecule has 2 N–H and O–H groups in total. The van der Waals surface area contributed by atoms with Crippen LogP contribution in [0.3, 0.4) is 0 Å². The zero-order chi connectivity index (χ0) is 12.9. The summed E-state index contributed by atoms with van der Waals surface area (Å²) in [5, 5.41) is 4.79. The zero-order valence-electron chi connectivity index (χ0n) is 10.8. The Labute approximate surface area is 112 Å². The summed E-state index contributed by atoms with van der Waals surface area (Å²) >= 11 is 0. The van der Waals surface area contributed by atoms with Crippen LogP contribution < -0.4 is 5.32 Å². The Bertz CT molecular complexity index is 643. The van der Waals surface area contributed by atoms with Crippen LogP contribution in [0.5, 0.6) is 0 Å². The number of nitrogens with zero attached hydrogens (tertiary/aromatic N) is 1. The van der Waals surface area contributed by atoms with Gasteiger partial charge in [0.25, 0.3) is 0 Å². The van der Waals surface area contributed by atoms with E-state index in [4.69, 9.17) is 0 Å². The highest BCUT2D eigenvalue weighted by atomic mass is 14.8. The quantitative estimate of drug-likeness (QED) is 0.685. The van der Waals surface area contributed by atoms with Crippen LogP contribution >= 0.6 is 0 Å². The normalized spacial score (nSPS) is 10.9. The number of aromatic amines is 1. The summed E-state index contributed by atoms with van der Waals surface area (Å²) in [5.74, 6) is 0. The van der Waals surface area contributed by atoms with Gasteiger partial charge >= 0.3 is 0 Å². The van der Waals surface area contributed by atoms with E-state index in [1.807, 2.05) is 24.7 Å². The van der Waals surface area contributed by atoms with E-state index in [-0.39, 0.29) is 0 Å². The van der Waals surface area contributed by atoms with E-state index in [0.29, 0.717) is 0 Å². The summed E-state index contributed by atoms with van der Waals surface area (Å²) in [6.07, 6.45) is 6.73. The molecule has 3 aromatic rings. The zero-order valence-corrected chi connectivity index (χ0v) is 10.8. The van der Waals surface area contributed by atoms with Gasteiger partial charge in [-0.15, -0.1) is 0 Å². The lowest BCUT2D eigenvalue weighted by Gasteiger charge is -2.06. The first-order chi connectivity index (χ1) is 9.43. The van der Waals surface area contributed by atoms with Gasteiger partial charge in [0.05, 0.1) is 0 Å². The van der Waals surface area contributed by atoms with Crippen molar-refractivity contribution in [3.05, 3.63) is 66.1 Å². The highest BCUT2D eigenvalue weighted by Gasteiger charge is 2.00. The van der Waals surface area contributed by atoms with Crippen molar-refractivity contribution in [2.75, 3.05) is 6.54 Å². The molecule has 1 aromatic carbocycles. The predicted octanol–water partition coefficient (Wildman–Crippen LogP) is 2.90. The Morgan fingerprint density at radius 1 is 1.11 bits per heavy atom. The first-order valence-corrected chi connectivity index (χ1v) is 6.58. The van der Waals surface area contributed by atoms with Gasteiger partial charge in [0.15, 0.2) is 0 Å². The Balaban J connectivity index is 1.57. The molecule has 0 aliphatic heterocycles. The minimum absolute atomic E-state index is 0.898. The largest absolute Gasteiger partial charge is 0.361 e. The molecule has 96 valence electrons. The van der Waals surface area contributed by atoms with Crippen LogP contribution in [0, 0.1) is 0 Å². The number of H-pyrrole nitrogens is 1. The van der Waals surface area contributed by atoms with E-state index in [1.54, 1.807) is 0 Å². The van der Waals surface area contributed by atoms with Gasteiger partial charge in [0.1, 0.15) is 0 Å². The molecule has 0 radical (unpaired) electrons. The Kier molecular flexibility index (Phi) is 3.56. The number of hydrogen-bond acceptors (Lipinski definition) is 2. The van der Waals surface area contributed by atoms with Gasteiger partial charge in [-0.2, -0.15) is 0 Å². The van der Waals surface area contributed by atoms with Crippen molar-refractivity contribution in [2.45, 2.75) is 13.0 Å². The Morgan fingerprint density at radius 2 is 2.11 bits per heavy atom. The van der Waals surface area contributed by atoms with Gasteiger partial charge in [0.2, 0.25) is 0 Å². The molecule has 0 saturated carbocycles. The fraction of sp³-hybridized carbons (Fsp3) is 0.188. The molecule has 0 aliphatic carbocycles. The third-order valence-electron chi connectivity index (χ3n) is 3.31. The Morgan fingerprint density at radius 3 is 3.00 bits per heavy atom. The number of aromatic nitrogens is 2. The van der Waals surface area contributed by atoms with Crippen molar-refractivity contribution in [1.82, 2.24) is 15.3 Å². The van der Waals surface area contributed by atoms with Crippen molar-refractivity contribution >= 4 is 10.9 Å². The molecule has 0 aliphatic rings. The van der Waals surface area contributed by atoms with Crippen molar-refractivity contribution in [3.8, 4) is 0 Å². The van der Waals surface area contributed by atoms with Gasteiger partial charge in [0, 0.05) is 36.0 Å². The highest BCUT2D eigenvalue weighted by molar-refractivity contribution is 5.82. The second-order valence-electron chi connectivity index (χ2n) is 4.64. The van der Waals surface area contributed by atoms with E-state index >= 15 is 0 Å². The number of hydrogen-bond donors (Lipinski definition) is 2. The molecule has 0 amide bonds. The molecule has 2 heterocycles. The summed E-state index contributed by atoms with van der Waals surface area (Å²) < 4.78 is 0. The summed E-state index contributed by atoms with van der Waals surface area (Å²) in [7, 11) is 0. The highest BCUT2D eigenvalue weighted by Crippen LogP contribution is 2.16. The van der Waals surface area contributed by atoms with Crippen molar-refractivity contribution in [2.24, 2.45) is 0 Å². The van der Waals surface area contributed by atoms with E-state index in [0.717, 1.165) is 19.5 Å². The van der Waals surface area contributed by atoms with Crippen LogP contribution in [-0.2, 0) is 13.0 Å². The summed E-state index contributed by atoms with van der Waals surface area (Å²) in [6, 6.07) is 12.6. The molecule has 0 spiro atoms. The molecule has 3 rings (SSSR count). The van der Waals surface area contributed by atoms with Gasteiger partial charge in [-0.25, -0.2) is 0 Å². The fourth-order valence-corrected chi connectivity index (χ4v) is 2.31. The lowest BCUT2D eigenvalue weighted by molar-refractivity contribution is 0.689. The summed E-state index contributed by atoms with van der Waals surface area (Å²) in [5.41, 5.74) is 3.81. The standard InChI is InChI=1S/C16H17N3/c1-4-14(15-7-10-19-16(15)5-1)12-18-9-6-13-3-2-8-17-11-13/h1-5,7-8,10-11,18-19H,6,9,12H2. The predicted molar refractivity (Wildman–Crippen MR) is 77.9 cm³/mol. The van der Waals surface area contributed by atoms with E-state index < -0.39 is 0 Å². The second kappa shape index (κ2) is 5.67. The molecule has 0 bridgehead atoms. The maximum Gasteiger partial charge on any atom is 0.0457 e. The van der Waals surface area contributed by atoms with Crippen LogP contribution in [0.15, 0.2) is 55.0 Å². The average molecular weight is 251 g/mol. The van der Waals surface area contributed by atoms with Crippen LogP contribution in [0.25, 0.3) is 10.9 Å². The minimum atomic E-state index is 0.898. The van der Waals surface area contributed by atoms with Crippen molar-refractivity contribution in [3.63, 3.8) is 0 Å². The summed E-state index contributed by atoms with van der Waals surface area (Å²) in [4.78, 5) is 7.36. The van der Waals surface area contributed by atoms with E-state index in [2.05, 4.69) is 45.6 Å². The third kappa shape index (κ3) is 2.83. The smallest absolute Gasteiger partial charge is 0.0457 e. The number of fused-ring (bicyclic) bond motifs is 1. The number of pyridine rings is 1. The van der Waals surface area contributed by atoms with Crippen LogP contribution in [0.2, 0.25) is 0 Å². The maximum absolute atomic E-state index is 4.12. The van der Waals surface area contributed by atoms with Gasteiger partial charge in [-0.1, -0.05) is 18.2 Å². The van der Waals surface area contributed by atoms with Gasteiger partial charge < -0.3 is 10.3 Å². The monoisotopic (exact) mass is 251 g/mol. The fourth-order valence-electron chi connectivity index (χ4n) is 2.31. The second-order valence-corrected chi connectivity index (χ2v) is 4.64.